The zero-order valence-electron chi connectivity index (χ0n) is 21.0. The van der Waals surface area contributed by atoms with Gasteiger partial charge in [-0.15, -0.1) is 0 Å². The Kier molecular flexibility index (Phi) is 7.15. The molecule has 2 aromatic heterocycles. The molecule has 1 aliphatic heterocycles. The number of H-pyrrole nitrogens is 1. The van der Waals surface area contributed by atoms with Crippen LogP contribution in [0, 0.1) is 12.7 Å². The van der Waals surface area contributed by atoms with Crippen molar-refractivity contribution in [2.75, 3.05) is 51.3 Å². The maximum Gasteiger partial charge on any atom is 0.319 e. The van der Waals surface area contributed by atoms with E-state index >= 15 is 4.39 Å². The summed E-state index contributed by atoms with van der Waals surface area (Å²) in [6, 6.07) is 5.42. The molecule has 1 fully saturated rings. The average Bonchev–Trinajstić information content (AvgIpc) is 3.38. The molecule has 0 unspecified atom stereocenters. The maximum absolute atomic E-state index is 16.4. The number of aryl methyl sites for hydroxylation is 1. The molecule has 0 aliphatic carbocycles. The van der Waals surface area contributed by atoms with Crippen molar-refractivity contribution in [2.45, 2.75) is 6.92 Å². The minimum absolute atomic E-state index is 0.0237. The largest absolute Gasteiger partial charge is 0.462 e. The first-order valence-electron chi connectivity index (χ1n) is 12.1. The lowest BCUT2D eigenvalue weighted by molar-refractivity contribution is -0.126. The number of hydroxylamine groups is 2. The second-order valence-corrected chi connectivity index (χ2v) is 9.52. The Morgan fingerprint density at radius 1 is 1.26 bits per heavy atom. The Hall–Kier alpha value is -3.80. The van der Waals surface area contributed by atoms with Crippen LogP contribution in [0.2, 0.25) is 5.02 Å². The lowest BCUT2D eigenvalue weighted by atomic mass is 9.95. The molecule has 2 N–H and O–H groups in total. The summed E-state index contributed by atoms with van der Waals surface area (Å²) in [4.78, 5) is 24.7. The lowest BCUT2D eigenvalue weighted by Crippen LogP contribution is -2.48. The number of benzene rings is 2. The maximum atomic E-state index is 16.4. The molecule has 198 valence electrons. The first-order valence-corrected chi connectivity index (χ1v) is 12.5. The topological polar surface area (TPSA) is 111 Å². The molecule has 4 aromatic rings. The normalized spacial score (nSPS) is 14.1. The van der Waals surface area contributed by atoms with Crippen LogP contribution in [0.5, 0.6) is 6.01 Å². The minimum atomic E-state index is -0.599. The number of halogens is 2. The molecule has 2 aromatic carbocycles. The Balaban J connectivity index is 1.65. The fraction of sp³-hybridized carbons (Fsp3) is 0.308. The van der Waals surface area contributed by atoms with Crippen molar-refractivity contribution in [1.82, 2.24) is 30.1 Å². The number of nitrogens with zero attached hydrogens (tertiary/aromatic N) is 6. The van der Waals surface area contributed by atoms with E-state index in [-0.39, 0.29) is 41.2 Å². The molecule has 1 saturated heterocycles. The predicted molar refractivity (Wildman–Crippen MR) is 143 cm³/mol. The third-order valence-electron chi connectivity index (χ3n) is 6.64. The van der Waals surface area contributed by atoms with Gasteiger partial charge < -0.3 is 19.7 Å². The third-order valence-corrected chi connectivity index (χ3v) is 6.93. The molecule has 12 heteroatoms. The van der Waals surface area contributed by atoms with Crippen LogP contribution in [0.4, 0.5) is 10.2 Å². The monoisotopic (exact) mass is 539 g/mol. The number of aromatic nitrogens is 4. The van der Waals surface area contributed by atoms with Crippen molar-refractivity contribution in [1.29, 1.82) is 0 Å². The summed E-state index contributed by atoms with van der Waals surface area (Å²) in [6.45, 7) is 7.59. The molecule has 38 heavy (non-hydrogen) atoms. The van der Waals surface area contributed by atoms with Crippen molar-refractivity contribution in [2.24, 2.45) is 0 Å². The number of amides is 1. The van der Waals surface area contributed by atoms with Crippen molar-refractivity contribution in [3.05, 3.63) is 53.5 Å². The predicted octanol–water partition coefficient (Wildman–Crippen LogP) is 3.81. The van der Waals surface area contributed by atoms with Gasteiger partial charge in [0.05, 0.1) is 23.3 Å². The number of nitrogens with one attached hydrogen (secondary N) is 1. The number of carbonyl (C=O) groups is 1. The third kappa shape index (κ3) is 4.75. The van der Waals surface area contributed by atoms with Gasteiger partial charge >= 0.3 is 6.01 Å². The van der Waals surface area contributed by atoms with Crippen LogP contribution in [-0.4, -0.2) is 87.6 Å². The van der Waals surface area contributed by atoms with E-state index in [1.165, 1.54) is 13.1 Å². The van der Waals surface area contributed by atoms with Gasteiger partial charge in [-0.05, 0) is 30.7 Å². The van der Waals surface area contributed by atoms with Gasteiger partial charge in [-0.3, -0.25) is 9.89 Å². The second kappa shape index (κ2) is 10.5. The van der Waals surface area contributed by atoms with E-state index in [2.05, 4.69) is 26.7 Å². The number of rotatable bonds is 7. The highest BCUT2D eigenvalue weighted by Crippen LogP contribution is 2.42. The van der Waals surface area contributed by atoms with Crippen molar-refractivity contribution >= 4 is 45.1 Å². The number of carbonyl (C=O) groups excluding carboxylic acids is 1. The molecule has 0 atom stereocenters. The van der Waals surface area contributed by atoms with Gasteiger partial charge in [-0.25, -0.2) is 4.39 Å². The summed E-state index contributed by atoms with van der Waals surface area (Å²) in [6.07, 6.45) is 2.94. The SMILES string of the molecule is C=CC(=O)N1CCN(c2nc(OCCN(C)O)nc3c(F)c(-c4c(C)ccc5[nH]ncc45)c(Cl)cc23)CC1. The van der Waals surface area contributed by atoms with Gasteiger partial charge in [0.25, 0.3) is 0 Å². The van der Waals surface area contributed by atoms with E-state index in [1.54, 1.807) is 17.2 Å². The number of hydrogen-bond acceptors (Lipinski definition) is 8. The van der Waals surface area contributed by atoms with E-state index in [1.807, 2.05) is 24.0 Å². The molecule has 10 nitrogen and oxygen atoms in total. The lowest BCUT2D eigenvalue weighted by Gasteiger charge is -2.35. The number of ether oxygens (including phenoxy) is 1. The molecule has 0 bridgehead atoms. The number of hydrogen-bond donors (Lipinski definition) is 2. The molecular formula is C26H27ClFN7O3. The highest BCUT2D eigenvalue weighted by molar-refractivity contribution is 6.35. The summed E-state index contributed by atoms with van der Waals surface area (Å²) in [7, 11) is 1.49. The summed E-state index contributed by atoms with van der Waals surface area (Å²) in [5.74, 6) is -0.284. The smallest absolute Gasteiger partial charge is 0.319 e. The molecule has 3 heterocycles. The van der Waals surface area contributed by atoms with E-state index in [4.69, 9.17) is 16.3 Å². The molecule has 0 saturated carbocycles. The minimum Gasteiger partial charge on any atom is -0.462 e. The molecule has 1 amide bonds. The van der Waals surface area contributed by atoms with Gasteiger partial charge in [0.1, 0.15) is 17.9 Å². The average molecular weight is 540 g/mol. The van der Waals surface area contributed by atoms with Crippen molar-refractivity contribution in [3.63, 3.8) is 0 Å². The van der Waals surface area contributed by atoms with Gasteiger partial charge in [0, 0.05) is 55.1 Å². The van der Waals surface area contributed by atoms with Gasteiger partial charge in [-0.2, -0.15) is 20.1 Å². The van der Waals surface area contributed by atoms with Crippen molar-refractivity contribution in [3.8, 4) is 17.1 Å². The van der Waals surface area contributed by atoms with Gasteiger partial charge in [-0.1, -0.05) is 24.2 Å². The van der Waals surface area contributed by atoms with E-state index < -0.39 is 5.82 Å². The standard InChI is InChI=1S/C26H27ClFN7O3/c1-4-20(36)34-7-9-35(10-8-34)25-16-13-18(27)22(21-15(2)5-6-19-17(21)14-29-32-19)23(28)24(16)30-26(31-25)38-12-11-33(3)37/h4-6,13-14,37H,1,7-12H2,2-3H3,(H,29,32). The summed E-state index contributed by atoms with van der Waals surface area (Å²) in [5.41, 5.74) is 2.50. The van der Waals surface area contributed by atoms with Crippen LogP contribution < -0.4 is 9.64 Å². The second-order valence-electron chi connectivity index (χ2n) is 9.11. The van der Waals surface area contributed by atoms with E-state index in [0.29, 0.717) is 42.9 Å². The molecule has 1 aliphatic rings. The molecule has 0 spiro atoms. The zero-order chi connectivity index (χ0) is 27.0. The fourth-order valence-electron chi connectivity index (χ4n) is 4.69. The number of aromatic amines is 1. The van der Waals surface area contributed by atoms with Crippen LogP contribution in [0.1, 0.15) is 5.56 Å². The van der Waals surface area contributed by atoms with Crippen molar-refractivity contribution < 1.29 is 19.1 Å². The number of anilines is 1. The fourth-order valence-corrected chi connectivity index (χ4v) is 4.98. The summed E-state index contributed by atoms with van der Waals surface area (Å²) >= 11 is 6.76. The van der Waals surface area contributed by atoms with Gasteiger partial charge in [0.2, 0.25) is 5.91 Å². The number of fused-ring (bicyclic) bond motifs is 2. The molecule has 0 radical (unpaired) electrons. The zero-order valence-corrected chi connectivity index (χ0v) is 21.8. The summed E-state index contributed by atoms with van der Waals surface area (Å²) < 4.78 is 22.1. The highest BCUT2D eigenvalue weighted by atomic mass is 35.5. The van der Waals surface area contributed by atoms with Crippen LogP contribution in [-0.2, 0) is 4.79 Å². The van der Waals surface area contributed by atoms with Crippen LogP contribution >= 0.6 is 11.6 Å². The first kappa shape index (κ1) is 25.8. The van der Waals surface area contributed by atoms with Crippen LogP contribution in [0.15, 0.2) is 37.1 Å². The molecular weight excluding hydrogens is 513 g/mol. The Morgan fingerprint density at radius 3 is 2.74 bits per heavy atom. The Morgan fingerprint density at radius 2 is 2.03 bits per heavy atom. The summed E-state index contributed by atoms with van der Waals surface area (Å²) in [5, 5.41) is 18.9. The molecule has 5 rings (SSSR count). The van der Waals surface area contributed by atoms with Crippen LogP contribution in [0.3, 0.4) is 0 Å². The van der Waals surface area contributed by atoms with Crippen LogP contribution in [0.25, 0.3) is 32.9 Å². The first-order chi connectivity index (χ1) is 18.3. The quantitative estimate of drug-likeness (QED) is 0.269. The number of likely N-dealkylation sites (N-methyl/N-ethyl adjacent to an activating group) is 1. The van der Waals surface area contributed by atoms with E-state index in [0.717, 1.165) is 21.5 Å². The Bertz CT molecular complexity index is 1530. The number of piperazine rings is 1. The Labute approximate surface area is 223 Å². The highest BCUT2D eigenvalue weighted by Gasteiger charge is 2.27. The van der Waals surface area contributed by atoms with Gasteiger partial charge in [0.15, 0.2) is 5.82 Å². The van der Waals surface area contributed by atoms with E-state index in [9.17, 15) is 10.0 Å².